The van der Waals surface area contributed by atoms with Gasteiger partial charge in [0.15, 0.2) is 4.80 Å². The third kappa shape index (κ3) is 4.44. The first-order valence-electron chi connectivity index (χ1n) is 7.99. The molecule has 6 nitrogen and oxygen atoms in total. The lowest BCUT2D eigenvalue weighted by molar-refractivity contribution is -0.140. The highest BCUT2D eigenvalue weighted by atomic mass is 32.1. The molecular formula is C17H22N2O4S. The van der Waals surface area contributed by atoms with E-state index in [2.05, 4.69) is 4.99 Å². The van der Waals surface area contributed by atoms with Crippen LogP contribution < -0.4 is 9.54 Å². The zero-order valence-electron chi connectivity index (χ0n) is 14.2. The molecule has 0 aliphatic rings. The lowest BCUT2D eigenvalue weighted by Crippen LogP contribution is -2.19. The van der Waals surface area contributed by atoms with Crippen molar-refractivity contribution in [3.05, 3.63) is 23.0 Å². The van der Waals surface area contributed by atoms with Crippen molar-refractivity contribution < 1.29 is 19.1 Å². The molecule has 0 spiro atoms. The molecule has 0 radical (unpaired) electrons. The number of thiazole rings is 1. The van der Waals surface area contributed by atoms with Gasteiger partial charge in [-0.2, -0.15) is 4.99 Å². The number of amides is 1. The molecule has 2 rings (SSSR count). The zero-order chi connectivity index (χ0) is 17.5. The number of aryl methyl sites for hydroxylation is 1. The molecular weight excluding hydrogens is 328 g/mol. The van der Waals surface area contributed by atoms with Gasteiger partial charge in [-0.25, -0.2) is 0 Å². The number of aromatic nitrogens is 1. The first-order valence-corrected chi connectivity index (χ1v) is 8.81. The number of fused-ring (bicyclic) bond motifs is 1. The van der Waals surface area contributed by atoms with Crippen LogP contribution in [0.3, 0.4) is 0 Å². The number of esters is 1. The molecule has 0 saturated carbocycles. The van der Waals surface area contributed by atoms with Crippen LogP contribution in [-0.2, 0) is 20.9 Å². The standard InChI is InChI=1S/C17H22N2O4S/c1-4-6-15(20)18-17-19(10-9-16(21)22-3)13-8-7-12(23-5-2)11-14(13)24-17/h7-8,11H,4-6,9-10H2,1-3H3. The summed E-state index contributed by atoms with van der Waals surface area (Å²) in [6.45, 7) is 4.88. The fourth-order valence-corrected chi connectivity index (χ4v) is 3.39. The Labute approximate surface area is 144 Å². The van der Waals surface area contributed by atoms with Crippen LogP contribution in [0.5, 0.6) is 5.75 Å². The third-order valence-corrected chi connectivity index (χ3v) is 4.46. The summed E-state index contributed by atoms with van der Waals surface area (Å²) in [4.78, 5) is 28.2. The Kier molecular flexibility index (Phi) is 6.54. The Morgan fingerprint density at radius 1 is 1.25 bits per heavy atom. The van der Waals surface area contributed by atoms with Gasteiger partial charge in [-0.3, -0.25) is 9.59 Å². The van der Waals surface area contributed by atoms with Crippen molar-refractivity contribution in [3.63, 3.8) is 0 Å². The van der Waals surface area contributed by atoms with Crippen molar-refractivity contribution in [2.24, 2.45) is 4.99 Å². The summed E-state index contributed by atoms with van der Waals surface area (Å²) < 4.78 is 13.1. The number of methoxy groups -OCH3 is 1. The van der Waals surface area contributed by atoms with E-state index in [0.717, 1.165) is 22.4 Å². The van der Waals surface area contributed by atoms with Gasteiger partial charge in [-0.15, -0.1) is 0 Å². The van der Waals surface area contributed by atoms with E-state index >= 15 is 0 Å². The minimum Gasteiger partial charge on any atom is -0.494 e. The molecule has 7 heteroatoms. The minimum absolute atomic E-state index is 0.152. The summed E-state index contributed by atoms with van der Waals surface area (Å²) in [5.74, 6) is 0.331. The van der Waals surface area contributed by atoms with Crippen LogP contribution >= 0.6 is 11.3 Å². The monoisotopic (exact) mass is 350 g/mol. The number of carbonyl (C=O) groups is 2. The molecule has 1 heterocycles. The van der Waals surface area contributed by atoms with Gasteiger partial charge in [0, 0.05) is 13.0 Å². The van der Waals surface area contributed by atoms with Crippen molar-refractivity contribution in [2.45, 2.75) is 39.7 Å². The third-order valence-electron chi connectivity index (χ3n) is 3.42. The maximum Gasteiger partial charge on any atom is 0.307 e. The van der Waals surface area contributed by atoms with Crippen LogP contribution in [0.1, 0.15) is 33.1 Å². The maximum atomic E-state index is 11.9. The fourth-order valence-electron chi connectivity index (χ4n) is 2.29. The average molecular weight is 350 g/mol. The van der Waals surface area contributed by atoms with Crippen LogP contribution in [0.25, 0.3) is 10.2 Å². The quantitative estimate of drug-likeness (QED) is 0.720. The van der Waals surface area contributed by atoms with Crippen LogP contribution in [0.4, 0.5) is 0 Å². The molecule has 0 atom stereocenters. The predicted molar refractivity (Wildman–Crippen MR) is 93.1 cm³/mol. The molecule has 0 aliphatic carbocycles. The Morgan fingerprint density at radius 3 is 2.71 bits per heavy atom. The fraction of sp³-hybridized carbons (Fsp3) is 0.471. The lowest BCUT2D eigenvalue weighted by Gasteiger charge is -2.06. The molecule has 0 fully saturated rings. The normalized spacial score (nSPS) is 11.7. The summed E-state index contributed by atoms with van der Waals surface area (Å²) in [5, 5.41) is 0. The van der Waals surface area contributed by atoms with E-state index in [9.17, 15) is 9.59 Å². The van der Waals surface area contributed by atoms with Crippen molar-refractivity contribution in [2.75, 3.05) is 13.7 Å². The highest BCUT2D eigenvalue weighted by Gasteiger charge is 2.11. The van der Waals surface area contributed by atoms with Gasteiger partial charge >= 0.3 is 5.97 Å². The molecule has 2 aromatic rings. The van der Waals surface area contributed by atoms with Crippen LogP contribution in [0.15, 0.2) is 23.2 Å². The summed E-state index contributed by atoms with van der Waals surface area (Å²) in [5.41, 5.74) is 0.926. The maximum absolute atomic E-state index is 11.9. The van der Waals surface area contributed by atoms with E-state index in [1.54, 1.807) is 0 Å². The van der Waals surface area contributed by atoms with E-state index in [1.165, 1.54) is 18.4 Å². The Balaban J connectivity index is 2.47. The van der Waals surface area contributed by atoms with Crippen molar-refractivity contribution in [1.29, 1.82) is 0 Å². The second-order valence-corrected chi connectivity index (χ2v) is 6.19. The number of hydrogen-bond acceptors (Lipinski definition) is 5. The summed E-state index contributed by atoms with van der Waals surface area (Å²) in [6.07, 6.45) is 1.39. The van der Waals surface area contributed by atoms with Crippen molar-refractivity contribution in [1.82, 2.24) is 4.57 Å². The summed E-state index contributed by atoms with van der Waals surface area (Å²) in [6, 6.07) is 5.74. The van der Waals surface area contributed by atoms with Gasteiger partial charge in [0.05, 0.1) is 30.4 Å². The van der Waals surface area contributed by atoms with Crippen LogP contribution in [0.2, 0.25) is 0 Å². The lowest BCUT2D eigenvalue weighted by atomic mass is 10.3. The number of ether oxygens (including phenoxy) is 2. The zero-order valence-corrected chi connectivity index (χ0v) is 15.0. The molecule has 130 valence electrons. The van der Waals surface area contributed by atoms with Crippen LogP contribution in [0, 0.1) is 0 Å². The van der Waals surface area contributed by atoms with E-state index in [1.807, 2.05) is 36.6 Å². The number of carbonyl (C=O) groups excluding carboxylic acids is 2. The first kappa shape index (κ1) is 18.2. The topological polar surface area (TPSA) is 69.9 Å². The highest BCUT2D eigenvalue weighted by Crippen LogP contribution is 2.23. The molecule has 0 bridgehead atoms. The van der Waals surface area contributed by atoms with Gasteiger partial charge in [0.2, 0.25) is 5.91 Å². The number of hydrogen-bond donors (Lipinski definition) is 0. The second kappa shape index (κ2) is 8.63. The highest BCUT2D eigenvalue weighted by molar-refractivity contribution is 7.16. The summed E-state index contributed by atoms with van der Waals surface area (Å²) >= 11 is 1.42. The van der Waals surface area contributed by atoms with Gasteiger partial charge < -0.3 is 14.0 Å². The first-order chi connectivity index (χ1) is 11.6. The second-order valence-electron chi connectivity index (χ2n) is 5.18. The largest absolute Gasteiger partial charge is 0.494 e. The Hall–Kier alpha value is -2.15. The molecule has 1 aromatic carbocycles. The molecule has 0 aliphatic heterocycles. The molecule has 0 saturated heterocycles. The van der Waals surface area contributed by atoms with E-state index in [4.69, 9.17) is 9.47 Å². The molecule has 0 N–H and O–H groups in total. The molecule has 1 aromatic heterocycles. The van der Waals surface area contributed by atoms with E-state index < -0.39 is 0 Å². The molecule has 0 unspecified atom stereocenters. The van der Waals surface area contributed by atoms with Gasteiger partial charge in [-0.1, -0.05) is 18.3 Å². The summed E-state index contributed by atoms with van der Waals surface area (Å²) in [7, 11) is 1.36. The minimum atomic E-state index is -0.293. The van der Waals surface area contributed by atoms with E-state index in [0.29, 0.717) is 24.4 Å². The average Bonchev–Trinajstić information content (AvgIpc) is 2.89. The molecule has 1 amide bonds. The van der Waals surface area contributed by atoms with E-state index in [-0.39, 0.29) is 18.3 Å². The Bertz CT molecular complexity index is 791. The van der Waals surface area contributed by atoms with Crippen molar-refractivity contribution >= 4 is 33.4 Å². The number of nitrogens with zero attached hydrogens (tertiary/aromatic N) is 2. The van der Waals surface area contributed by atoms with Gasteiger partial charge in [-0.05, 0) is 31.5 Å². The SMILES string of the molecule is CCCC(=O)N=c1sc2cc(OCC)ccc2n1CCC(=O)OC. The van der Waals surface area contributed by atoms with Gasteiger partial charge in [0.1, 0.15) is 5.75 Å². The Morgan fingerprint density at radius 2 is 2.04 bits per heavy atom. The molecule has 24 heavy (non-hydrogen) atoms. The smallest absolute Gasteiger partial charge is 0.307 e. The van der Waals surface area contributed by atoms with Gasteiger partial charge in [0.25, 0.3) is 0 Å². The number of benzene rings is 1. The predicted octanol–water partition coefficient (Wildman–Crippen LogP) is 2.89. The van der Waals surface area contributed by atoms with Crippen LogP contribution in [-0.4, -0.2) is 30.2 Å². The number of rotatable bonds is 7. The van der Waals surface area contributed by atoms with Crippen molar-refractivity contribution in [3.8, 4) is 5.75 Å².